The Kier molecular flexibility index (Phi) is 7.69. The van der Waals surface area contributed by atoms with Crippen LogP contribution in [0.25, 0.3) is 10.2 Å². The van der Waals surface area contributed by atoms with Crippen molar-refractivity contribution in [3.63, 3.8) is 0 Å². The van der Waals surface area contributed by atoms with Crippen molar-refractivity contribution in [1.82, 2.24) is 10.3 Å². The summed E-state index contributed by atoms with van der Waals surface area (Å²) >= 11 is 6.47. The van der Waals surface area contributed by atoms with E-state index >= 15 is 0 Å². The van der Waals surface area contributed by atoms with Gasteiger partial charge >= 0.3 is 0 Å². The number of hydrogen-bond donors (Lipinski definition) is 2. The fourth-order valence-corrected chi connectivity index (χ4v) is 4.69. The summed E-state index contributed by atoms with van der Waals surface area (Å²) in [4.78, 5) is 30.1. The lowest BCUT2D eigenvalue weighted by atomic mass is 10.1. The van der Waals surface area contributed by atoms with Crippen LogP contribution in [-0.2, 0) is 11.2 Å². The number of amides is 2. The number of nitrogens with zero attached hydrogens (tertiary/aromatic N) is 1. The molecule has 2 N–H and O–H groups in total. The highest BCUT2D eigenvalue weighted by Gasteiger charge is 2.23. The molecule has 2 amide bonds. The van der Waals surface area contributed by atoms with Gasteiger partial charge in [-0.2, -0.15) is 11.8 Å². The van der Waals surface area contributed by atoms with E-state index in [4.69, 9.17) is 0 Å². The highest BCUT2D eigenvalue weighted by atomic mass is 79.9. The summed E-state index contributed by atoms with van der Waals surface area (Å²) < 4.78 is 1.73. The first-order chi connectivity index (χ1) is 14.0. The number of fused-ring (bicyclic) bond motifs is 1. The van der Waals surface area contributed by atoms with Crippen molar-refractivity contribution in [2.24, 2.45) is 0 Å². The van der Waals surface area contributed by atoms with Crippen molar-refractivity contribution in [2.75, 3.05) is 17.3 Å². The molecule has 3 aromatic rings. The number of nitrogens with one attached hydrogen (secondary N) is 2. The molecular weight excluding hydrogens is 470 g/mol. The van der Waals surface area contributed by atoms with E-state index in [1.165, 1.54) is 16.9 Å². The number of rotatable bonds is 8. The Hall–Kier alpha value is -1.90. The average molecular weight is 492 g/mol. The number of thiazole rings is 1. The quantitative estimate of drug-likeness (QED) is 0.459. The van der Waals surface area contributed by atoms with Gasteiger partial charge in [0.2, 0.25) is 5.91 Å². The zero-order valence-electron chi connectivity index (χ0n) is 16.2. The zero-order chi connectivity index (χ0) is 20.8. The molecule has 1 atom stereocenters. The third kappa shape index (κ3) is 5.58. The van der Waals surface area contributed by atoms with E-state index in [1.54, 1.807) is 30.0 Å². The maximum atomic E-state index is 12.9. The lowest BCUT2D eigenvalue weighted by molar-refractivity contribution is -0.118. The van der Waals surface area contributed by atoms with Crippen LogP contribution in [0.15, 0.2) is 46.9 Å². The van der Waals surface area contributed by atoms with Gasteiger partial charge in [0.25, 0.3) is 5.91 Å². The predicted molar refractivity (Wildman–Crippen MR) is 126 cm³/mol. The van der Waals surface area contributed by atoms with Gasteiger partial charge in [-0.1, -0.05) is 36.5 Å². The summed E-state index contributed by atoms with van der Waals surface area (Å²) in [7, 11) is 0. The molecule has 0 radical (unpaired) electrons. The number of anilines is 1. The van der Waals surface area contributed by atoms with Crippen molar-refractivity contribution >= 4 is 66.2 Å². The molecular formula is C21H22BrN3O2S2. The molecule has 0 saturated heterocycles. The number of halogens is 1. The summed E-state index contributed by atoms with van der Waals surface area (Å²) in [5.41, 5.74) is 2.60. The van der Waals surface area contributed by atoms with Gasteiger partial charge in [-0.3, -0.25) is 9.59 Å². The van der Waals surface area contributed by atoms with Crippen LogP contribution in [0.4, 0.5) is 5.13 Å². The van der Waals surface area contributed by atoms with Crippen molar-refractivity contribution in [1.29, 1.82) is 0 Å². The number of carbonyl (C=O) groups is 2. The van der Waals surface area contributed by atoms with Gasteiger partial charge in [0, 0.05) is 4.47 Å². The largest absolute Gasteiger partial charge is 0.340 e. The van der Waals surface area contributed by atoms with E-state index in [1.807, 2.05) is 24.5 Å². The minimum atomic E-state index is -0.639. The van der Waals surface area contributed by atoms with Crippen LogP contribution in [-0.4, -0.2) is 34.8 Å². The SMILES string of the molecule is CCc1ccc2nc(NC(=O)C(CCSC)NC(=O)c3ccccc3Br)sc2c1. The third-order valence-corrected chi connectivity index (χ3v) is 6.71. The number of aryl methyl sites for hydroxylation is 1. The highest BCUT2D eigenvalue weighted by Crippen LogP contribution is 2.27. The van der Waals surface area contributed by atoms with E-state index < -0.39 is 6.04 Å². The van der Waals surface area contributed by atoms with Gasteiger partial charge in [0.05, 0.1) is 15.8 Å². The minimum absolute atomic E-state index is 0.255. The lowest BCUT2D eigenvalue weighted by Gasteiger charge is -2.17. The van der Waals surface area contributed by atoms with Crippen LogP contribution in [0.5, 0.6) is 0 Å². The van der Waals surface area contributed by atoms with Gasteiger partial charge in [0.1, 0.15) is 6.04 Å². The van der Waals surface area contributed by atoms with E-state index in [-0.39, 0.29) is 11.8 Å². The van der Waals surface area contributed by atoms with Gasteiger partial charge in [0.15, 0.2) is 5.13 Å². The predicted octanol–water partition coefficient (Wildman–Crippen LogP) is 5.11. The normalized spacial score (nSPS) is 12.0. The number of aromatic nitrogens is 1. The molecule has 0 aliphatic carbocycles. The molecule has 3 rings (SSSR count). The van der Waals surface area contributed by atoms with Crippen LogP contribution < -0.4 is 10.6 Å². The van der Waals surface area contributed by atoms with Crippen LogP contribution in [0, 0.1) is 0 Å². The molecule has 1 heterocycles. The first kappa shape index (κ1) is 21.8. The molecule has 2 aromatic carbocycles. The van der Waals surface area contributed by atoms with Crippen LogP contribution in [0.3, 0.4) is 0 Å². The second-order valence-electron chi connectivity index (χ2n) is 6.45. The molecule has 0 saturated carbocycles. The lowest BCUT2D eigenvalue weighted by Crippen LogP contribution is -2.44. The second-order valence-corrected chi connectivity index (χ2v) is 9.32. The highest BCUT2D eigenvalue weighted by molar-refractivity contribution is 9.10. The standard InChI is InChI=1S/C21H22BrN3O2S2/c1-3-13-8-9-16-18(12-13)29-21(24-16)25-20(27)17(10-11-28-2)23-19(26)14-6-4-5-7-15(14)22/h4-9,12,17H,3,10-11H2,1-2H3,(H,23,26)(H,24,25,27). The van der Waals surface area contributed by atoms with E-state index in [0.717, 1.165) is 22.4 Å². The van der Waals surface area contributed by atoms with Crippen molar-refractivity contribution < 1.29 is 9.59 Å². The maximum Gasteiger partial charge on any atom is 0.253 e. The Bertz CT molecular complexity index is 1020. The fraction of sp³-hybridized carbons (Fsp3) is 0.286. The monoisotopic (exact) mass is 491 g/mol. The van der Waals surface area contributed by atoms with Crippen LogP contribution in [0.2, 0.25) is 0 Å². The molecule has 152 valence electrons. The number of carbonyl (C=O) groups excluding carboxylic acids is 2. The van der Waals surface area contributed by atoms with Gasteiger partial charge in [-0.15, -0.1) is 0 Å². The molecule has 0 bridgehead atoms. The fourth-order valence-electron chi connectivity index (χ4n) is 2.82. The van der Waals surface area contributed by atoms with Crippen molar-refractivity contribution in [2.45, 2.75) is 25.8 Å². The maximum absolute atomic E-state index is 12.9. The molecule has 1 aromatic heterocycles. The van der Waals surface area contributed by atoms with Gasteiger partial charge < -0.3 is 10.6 Å². The first-order valence-electron chi connectivity index (χ1n) is 9.26. The van der Waals surface area contributed by atoms with E-state index in [2.05, 4.69) is 44.5 Å². The Morgan fingerprint density at radius 1 is 1.24 bits per heavy atom. The third-order valence-electron chi connectivity index (χ3n) is 4.44. The number of thioether (sulfide) groups is 1. The summed E-state index contributed by atoms with van der Waals surface area (Å²) in [5.74, 6) is 0.221. The van der Waals surface area contributed by atoms with E-state index in [0.29, 0.717) is 21.6 Å². The Labute approximate surface area is 186 Å². The molecule has 0 spiro atoms. The zero-order valence-corrected chi connectivity index (χ0v) is 19.4. The Morgan fingerprint density at radius 2 is 2.03 bits per heavy atom. The topological polar surface area (TPSA) is 71.1 Å². The van der Waals surface area contributed by atoms with Crippen LogP contribution >= 0.6 is 39.0 Å². The molecule has 1 unspecified atom stereocenters. The average Bonchev–Trinajstić information content (AvgIpc) is 3.12. The molecule has 29 heavy (non-hydrogen) atoms. The summed E-state index contributed by atoms with van der Waals surface area (Å²) in [6.07, 6.45) is 3.46. The molecule has 0 aliphatic rings. The Morgan fingerprint density at radius 3 is 2.76 bits per heavy atom. The number of benzene rings is 2. The van der Waals surface area contributed by atoms with Crippen LogP contribution in [0.1, 0.15) is 29.3 Å². The number of hydrogen-bond acceptors (Lipinski definition) is 5. The molecule has 0 aliphatic heterocycles. The summed E-state index contributed by atoms with van der Waals surface area (Å²) in [6.45, 7) is 2.11. The smallest absolute Gasteiger partial charge is 0.253 e. The van der Waals surface area contributed by atoms with Gasteiger partial charge in [-0.05, 0) is 70.6 Å². The minimum Gasteiger partial charge on any atom is -0.340 e. The molecule has 0 fully saturated rings. The first-order valence-corrected chi connectivity index (χ1v) is 12.3. The summed E-state index contributed by atoms with van der Waals surface area (Å²) in [6, 6.07) is 12.6. The molecule has 5 nitrogen and oxygen atoms in total. The summed E-state index contributed by atoms with van der Waals surface area (Å²) in [5, 5.41) is 6.29. The van der Waals surface area contributed by atoms with Crippen molar-refractivity contribution in [3.05, 3.63) is 58.1 Å². The van der Waals surface area contributed by atoms with Gasteiger partial charge in [-0.25, -0.2) is 4.98 Å². The Balaban J connectivity index is 1.75. The molecule has 8 heteroatoms. The van der Waals surface area contributed by atoms with Crippen molar-refractivity contribution in [3.8, 4) is 0 Å². The van der Waals surface area contributed by atoms with E-state index in [9.17, 15) is 9.59 Å². The second kappa shape index (κ2) is 10.2.